The van der Waals surface area contributed by atoms with Crippen LogP contribution in [-0.2, 0) is 4.74 Å². The molecule has 0 N–H and O–H groups in total. The summed E-state index contributed by atoms with van der Waals surface area (Å²) >= 11 is 0. The van der Waals surface area contributed by atoms with E-state index < -0.39 is 0 Å². The van der Waals surface area contributed by atoms with E-state index in [4.69, 9.17) is 14.2 Å². The zero-order chi connectivity index (χ0) is 18.5. The van der Waals surface area contributed by atoms with Gasteiger partial charge in [0, 0.05) is 31.3 Å². The molecule has 0 saturated carbocycles. The van der Waals surface area contributed by atoms with Crippen LogP contribution >= 0.6 is 0 Å². The summed E-state index contributed by atoms with van der Waals surface area (Å²) in [5, 5.41) is 0. The number of nitrogens with zero attached hydrogens (tertiary/aromatic N) is 3. The van der Waals surface area contributed by atoms with Crippen molar-refractivity contribution in [2.75, 3.05) is 34.4 Å². The van der Waals surface area contributed by atoms with Gasteiger partial charge in [0.15, 0.2) is 5.82 Å². The van der Waals surface area contributed by atoms with Crippen molar-refractivity contribution in [1.82, 2.24) is 14.9 Å². The van der Waals surface area contributed by atoms with Crippen molar-refractivity contribution in [3.63, 3.8) is 0 Å². The molecule has 0 unspecified atom stereocenters. The monoisotopic (exact) mass is 357 g/mol. The first kappa shape index (κ1) is 18.1. The van der Waals surface area contributed by atoms with Crippen LogP contribution in [0.25, 0.3) is 11.4 Å². The van der Waals surface area contributed by atoms with E-state index in [1.54, 1.807) is 25.3 Å². The third-order valence-corrected chi connectivity index (χ3v) is 4.46. The van der Waals surface area contributed by atoms with Crippen molar-refractivity contribution in [3.05, 3.63) is 35.9 Å². The van der Waals surface area contributed by atoms with E-state index in [9.17, 15) is 4.79 Å². The van der Waals surface area contributed by atoms with E-state index in [0.717, 1.165) is 24.9 Å². The van der Waals surface area contributed by atoms with E-state index in [1.165, 1.54) is 14.2 Å². The first-order chi connectivity index (χ1) is 12.6. The number of amides is 1. The lowest BCUT2D eigenvalue weighted by molar-refractivity contribution is 0.0269. The maximum atomic E-state index is 12.9. The van der Waals surface area contributed by atoms with Crippen LogP contribution < -0.4 is 9.47 Å². The molecule has 3 rings (SSSR count). The summed E-state index contributed by atoms with van der Waals surface area (Å²) in [5.74, 6) is 1.25. The highest BCUT2D eigenvalue weighted by molar-refractivity contribution is 5.95. The van der Waals surface area contributed by atoms with Gasteiger partial charge in [-0.05, 0) is 25.0 Å². The summed E-state index contributed by atoms with van der Waals surface area (Å²) < 4.78 is 15.8. The van der Waals surface area contributed by atoms with Crippen molar-refractivity contribution in [2.24, 2.45) is 0 Å². The third kappa shape index (κ3) is 3.94. The van der Waals surface area contributed by atoms with Gasteiger partial charge in [-0.25, -0.2) is 0 Å². The van der Waals surface area contributed by atoms with Crippen molar-refractivity contribution in [2.45, 2.75) is 18.9 Å². The summed E-state index contributed by atoms with van der Waals surface area (Å²) in [5.41, 5.74) is 1.33. The average molecular weight is 357 g/mol. The Balaban J connectivity index is 1.87. The molecule has 1 atom stereocenters. The Morgan fingerprint density at radius 1 is 1.12 bits per heavy atom. The molecule has 1 amide bonds. The smallest absolute Gasteiger partial charge is 0.253 e. The molecule has 0 bridgehead atoms. The Morgan fingerprint density at radius 3 is 2.50 bits per heavy atom. The van der Waals surface area contributed by atoms with Gasteiger partial charge < -0.3 is 19.1 Å². The predicted molar refractivity (Wildman–Crippen MR) is 96.5 cm³/mol. The molecular formula is C19H23N3O4. The van der Waals surface area contributed by atoms with Gasteiger partial charge in [0.25, 0.3) is 5.91 Å². The van der Waals surface area contributed by atoms with Gasteiger partial charge in [0.1, 0.15) is 0 Å². The Labute approximate surface area is 152 Å². The number of ether oxygens (including phenoxy) is 3. The van der Waals surface area contributed by atoms with E-state index >= 15 is 0 Å². The Kier molecular flexibility index (Phi) is 5.68. The first-order valence-corrected chi connectivity index (χ1v) is 8.54. The number of likely N-dealkylation sites (tertiary alicyclic amines) is 1. The van der Waals surface area contributed by atoms with E-state index in [-0.39, 0.29) is 12.0 Å². The number of hydrogen-bond donors (Lipinski definition) is 0. The van der Waals surface area contributed by atoms with Crippen LogP contribution in [0.4, 0.5) is 0 Å². The molecule has 138 valence electrons. The van der Waals surface area contributed by atoms with Crippen LogP contribution in [0.3, 0.4) is 0 Å². The SMILES string of the molecule is COc1cc(OC)nc(-c2cccc(C(=O)N3CCC[C@@H](OC)C3)c2)n1. The molecule has 26 heavy (non-hydrogen) atoms. The van der Waals surface area contributed by atoms with Crippen LogP contribution in [0.5, 0.6) is 11.8 Å². The van der Waals surface area contributed by atoms with Gasteiger partial charge in [-0.3, -0.25) is 4.79 Å². The molecule has 1 saturated heterocycles. The quantitative estimate of drug-likeness (QED) is 0.818. The van der Waals surface area contributed by atoms with Crippen molar-refractivity contribution in [1.29, 1.82) is 0 Å². The molecule has 1 aliphatic heterocycles. The topological polar surface area (TPSA) is 73.8 Å². The Hall–Kier alpha value is -2.67. The number of hydrogen-bond acceptors (Lipinski definition) is 6. The molecule has 1 aromatic carbocycles. The first-order valence-electron chi connectivity index (χ1n) is 8.54. The number of methoxy groups -OCH3 is 3. The van der Waals surface area contributed by atoms with Gasteiger partial charge in [-0.2, -0.15) is 9.97 Å². The lowest BCUT2D eigenvalue weighted by Crippen LogP contribution is -2.42. The summed E-state index contributed by atoms with van der Waals surface area (Å²) in [4.78, 5) is 23.4. The van der Waals surface area contributed by atoms with Crippen molar-refractivity contribution in [3.8, 4) is 23.1 Å². The Bertz CT molecular complexity index is 759. The number of rotatable bonds is 5. The molecule has 7 nitrogen and oxygen atoms in total. The highest BCUT2D eigenvalue weighted by atomic mass is 16.5. The minimum absolute atomic E-state index is 0.0107. The fourth-order valence-corrected chi connectivity index (χ4v) is 3.03. The molecule has 1 aromatic heterocycles. The fourth-order valence-electron chi connectivity index (χ4n) is 3.03. The summed E-state index contributed by atoms with van der Waals surface area (Å²) in [6.07, 6.45) is 2.03. The molecule has 2 aromatic rings. The zero-order valence-corrected chi connectivity index (χ0v) is 15.3. The molecule has 0 radical (unpaired) electrons. The maximum Gasteiger partial charge on any atom is 0.253 e. The van der Waals surface area contributed by atoms with Crippen LogP contribution in [-0.4, -0.2) is 61.3 Å². The summed E-state index contributed by atoms with van der Waals surface area (Å²) in [7, 11) is 4.76. The van der Waals surface area contributed by atoms with Crippen molar-refractivity contribution >= 4 is 5.91 Å². The third-order valence-electron chi connectivity index (χ3n) is 4.46. The molecule has 1 fully saturated rings. The Morgan fingerprint density at radius 2 is 1.85 bits per heavy atom. The highest BCUT2D eigenvalue weighted by Crippen LogP contribution is 2.24. The second-order valence-corrected chi connectivity index (χ2v) is 6.11. The normalized spacial score (nSPS) is 17.0. The molecule has 0 spiro atoms. The largest absolute Gasteiger partial charge is 0.481 e. The predicted octanol–water partition coefficient (Wildman–Crippen LogP) is 2.41. The molecule has 0 aliphatic carbocycles. The molecular weight excluding hydrogens is 334 g/mol. The minimum atomic E-state index is -0.0107. The minimum Gasteiger partial charge on any atom is -0.481 e. The van der Waals surface area contributed by atoms with E-state index in [0.29, 0.717) is 29.7 Å². The van der Waals surface area contributed by atoms with E-state index in [1.807, 2.05) is 17.0 Å². The van der Waals surface area contributed by atoms with Gasteiger partial charge in [0.05, 0.1) is 26.4 Å². The number of carbonyl (C=O) groups excluding carboxylic acids is 1. The molecule has 7 heteroatoms. The van der Waals surface area contributed by atoms with Gasteiger partial charge in [-0.15, -0.1) is 0 Å². The second kappa shape index (κ2) is 8.14. The van der Waals surface area contributed by atoms with Gasteiger partial charge >= 0.3 is 0 Å². The average Bonchev–Trinajstić information content (AvgIpc) is 2.72. The summed E-state index contributed by atoms with van der Waals surface area (Å²) in [6.45, 7) is 1.36. The lowest BCUT2D eigenvalue weighted by atomic mass is 10.0. The van der Waals surface area contributed by atoms with Gasteiger partial charge in [0.2, 0.25) is 11.8 Å². The zero-order valence-electron chi connectivity index (χ0n) is 15.3. The van der Waals surface area contributed by atoms with Crippen molar-refractivity contribution < 1.29 is 19.0 Å². The fraction of sp³-hybridized carbons (Fsp3) is 0.421. The highest BCUT2D eigenvalue weighted by Gasteiger charge is 2.24. The van der Waals surface area contributed by atoms with Crippen LogP contribution in [0, 0.1) is 0 Å². The van der Waals surface area contributed by atoms with E-state index in [2.05, 4.69) is 9.97 Å². The molecule has 1 aliphatic rings. The van der Waals surface area contributed by atoms with Crippen LogP contribution in [0.1, 0.15) is 23.2 Å². The molecule has 2 heterocycles. The number of carbonyl (C=O) groups is 1. The maximum absolute atomic E-state index is 12.9. The van der Waals surface area contributed by atoms with Crippen LogP contribution in [0.2, 0.25) is 0 Å². The standard InChI is InChI=1S/C19H23N3O4/c1-24-15-8-5-9-22(12-15)19(23)14-7-4-6-13(10-14)18-20-16(25-2)11-17(21-18)26-3/h4,6-7,10-11,15H,5,8-9,12H2,1-3H3/t15-/m1/s1. The lowest BCUT2D eigenvalue weighted by Gasteiger charge is -2.32. The number of benzene rings is 1. The summed E-state index contributed by atoms with van der Waals surface area (Å²) in [6, 6.07) is 8.90. The second-order valence-electron chi connectivity index (χ2n) is 6.11. The van der Waals surface area contributed by atoms with Crippen LogP contribution in [0.15, 0.2) is 30.3 Å². The van der Waals surface area contributed by atoms with Gasteiger partial charge in [-0.1, -0.05) is 12.1 Å². The number of piperidine rings is 1. The number of aromatic nitrogens is 2.